The lowest BCUT2D eigenvalue weighted by atomic mass is 10.0. The van der Waals surface area contributed by atoms with E-state index in [2.05, 4.69) is 0 Å². The Balaban J connectivity index is 2.44. The third-order valence-corrected chi connectivity index (χ3v) is 3.80. The lowest BCUT2D eigenvalue weighted by Crippen LogP contribution is -2.25. The summed E-state index contributed by atoms with van der Waals surface area (Å²) in [5.74, 6) is -0.998. The minimum Gasteiger partial charge on any atom is -0.478 e. The molecule has 0 heterocycles. The fraction of sp³-hybridized carbons (Fsp3) is 0.188. The van der Waals surface area contributed by atoms with Gasteiger partial charge in [0, 0.05) is 12.1 Å². The van der Waals surface area contributed by atoms with Crippen molar-refractivity contribution in [1.82, 2.24) is 0 Å². The predicted molar refractivity (Wildman–Crippen MR) is 86.1 cm³/mol. The summed E-state index contributed by atoms with van der Waals surface area (Å²) in [6.07, 6.45) is 0. The van der Waals surface area contributed by atoms with Crippen LogP contribution in [0, 0.1) is 0 Å². The molecule has 1 atom stereocenters. The van der Waals surface area contributed by atoms with Crippen molar-refractivity contribution >= 4 is 28.9 Å². The highest BCUT2D eigenvalue weighted by atomic mass is 35.5. The number of carbonyl (C=O) groups is 1. The van der Waals surface area contributed by atoms with E-state index in [1.54, 1.807) is 24.3 Å². The Morgan fingerprint density at radius 2 is 1.95 bits per heavy atom. The number of carboxylic acids is 1. The molecule has 4 nitrogen and oxygen atoms in total. The van der Waals surface area contributed by atoms with Crippen molar-refractivity contribution in [3.8, 4) is 0 Å². The Kier molecular flexibility index (Phi) is 4.38. The van der Waals surface area contributed by atoms with Crippen molar-refractivity contribution in [1.29, 1.82) is 0 Å². The highest BCUT2D eigenvalue weighted by Crippen LogP contribution is 2.33. The van der Waals surface area contributed by atoms with Gasteiger partial charge in [-0.2, -0.15) is 0 Å². The first-order chi connectivity index (χ1) is 9.91. The van der Waals surface area contributed by atoms with Crippen LogP contribution >= 0.6 is 11.6 Å². The topological polar surface area (TPSA) is 66.6 Å². The molecule has 0 saturated carbocycles. The van der Waals surface area contributed by atoms with Crippen LogP contribution in [0.4, 0.5) is 11.4 Å². The number of rotatable bonds is 4. The van der Waals surface area contributed by atoms with E-state index in [4.69, 9.17) is 17.3 Å². The summed E-state index contributed by atoms with van der Waals surface area (Å²) in [4.78, 5) is 13.2. The van der Waals surface area contributed by atoms with Crippen LogP contribution in [0.25, 0.3) is 0 Å². The number of hydrogen-bond acceptors (Lipinski definition) is 3. The minimum absolute atomic E-state index is 0.0634. The number of carboxylic acid groups (broad SMARTS) is 1. The number of aromatic carboxylic acids is 1. The summed E-state index contributed by atoms with van der Waals surface area (Å²) in [6, 6.07) is 12.3. The van der Waals surface area contributed by atoms with Crippen molar-refractivity contribution < 1.29 is 9.90 Å². The van der Waals surface area contributed by atoms with E-state index >= 15 is 0 Å². The van der Waals surface area contributed by atoms with Crippen molar-refractivity contribution in [3.05, 3.63) is 58.6 Å². The summed E-state index contributed by atoms with van der Waals surface area (Å²) >= 11 is 6.02. The molecule has 21 heavy (non-hydrogen) atoms. The second kappa shape index (κ2) is 6.06. The number of halogens is 1. The summed E-state index contributed by atoms with van der Waals surface area (Å²) in [7, 11) is 1.82. The van der Waals surface area contributed by atoms with Gasteiger partial charge in [0.1, 0.15) is 0 Å². The van der Waals surface area contributed by atoms with E-state index in [9.17, 15) is 9.90 Å². The van der Waals surface area contributed by atoms with E-state index < -0.39 is 5.97 Å². The zero-order valence-corrected chi connectivity index (χ0v) is 12.6. The van der Waals surface area contributed by atoms with Crippen molar-refractivity contribution in [2.24, 2.45) is 0 Å². The number of nitrogen functional groups attached to an aromatic ring is 1. The molecule has 110 valence electrons. The Hall–Kier alpha value is -2.20. The Morgan fingerprint density at radius 3 is 2.57 bits per heavy atom. The van der Waals surface area contributed by atoms with Gasteiger partial charge in [0.25, 0.3) is 0 Å². The van der Waals surface area contributed by atoms with Gasteiger partial charge in [-0.25, -0.2) is 4.79 Å². The molecule has 0 aliphatic carbocycles. The largest absolute Gasteiger partial charge is 0.478 e. The molecule has 0 radical (unpaired) electrons. The summed E-state index contributed by atoms with van der Waals surface area (Å²) in [6.45, 7) is 1.98. The Labute approximate surface area is 128 Å². The molecule has 5 heteroatoms. The van der Waals surface area contributed by atoms with E-state index in [1.165, 1.54) is 0 Å². The predicted octanol–water partition coefficient (Wildman–Crippen LogP) is 3.82. The number of nitrogens with two attached hydrogens (primary N) is 1. The second-order valence-corrected chi connectivity index (χ2v) is 5.33. The fourth-order valence-electron chi connectivity index (χ4n) is 2.31. The van der Waals surface area contributed by atoms with E-state index in [-0.39, 0.29) is 11.6 Å². The van der Waals surface area contributed by atoms with Crippen LogP contribution in [0.5, 0.6) is 0 Å². The van der Waals surface area contributed by atoms with Crippen LogP contribution in [-0.4, -0.2) is 18.1 Å². The molecule has 2 aromatic rings. The van der Waals surface area contributed by atoms with Gasteiger partial charge in [-0.3, -0.25) is 0 Å². The molecule has 0 bridgehead atoms. The third kappa shape index (κ3) is 3.11. The SMILES string of the molecule is CC(c1cccc(Cl)c1)N(C)c1c(N)cccc1C(=O)O. The average Bonchev–Trinajstić information content (AvgIpc) is 2.45. The lowest BCUT2D eigenvalue weighted by molar-refractivity contribution is 0.0697. The smallest absolute Gasteiger partial charge is 0.337 e. The molecule has 0 aliphatic heterocycles. The standard InChI is InChI=1S/C16H17ClN2O2/c1-10(11-5-3-6-12(17)9-11)19(2)15-13(16(20)21)7-4-8-14(15)18/h3-10H,18H2,1-2H3,(H,20,21). The van der Waals surface area contributed by atoms with Crippen LogP contribution < -0.4 is 10.6 Å². The van der Waals surface area contributed by atoms with Crippen LogP contribution in [0.2, 0.25) is 5.02 Å². The first-order valence-corrected chi connectivity index (χ1v) is 6.89. The van der Waals surface area contributed by atoms with Crippen LogP contribution in [0.3, 0.4) is 0 Å². The Morgan fingerprint density at radius 1 is 1.29 bits per heavy atom. The van der Waals surface area contributed by atoms with Gasteiger partial charge < -0.3 is 15.7 Å². The Bertz CT molecular complexity index is 673. The number of nitrogens with zero attached hydrogens (tertiary/aromatic N) is 1. The third-order valence-electron chi connectivity index (χ3n) is 3.56. The van der Waals surface area contributed by atoms with E-state index in [0.717, 1.165) is 5.56 Å². The second-order valence-electron chi connectivity index (χ2n) is 4.89. The molecule has 2 rings (SSSR count). The number of benzene rings is 2. The normalized spacial score (nSPS) is 12.0. The van der Waals surface area contributed by atoms with Gasteiger partial charge in [-0.05, 0) is 36.8 Å². The summed E-state index contributed by atoms with van der Waals surface area (Å²) in [5.41, 5.74) is 8.10. The number of anilines is 2. The van der Waals surface area contributed by atoms with Crippen LogP contribution in [0.15, 0.2) is 42.5 Å². The molecular weight excluding hydrogens is 288 g/mol. The van der Waals surface area contributed by atoms with Crippen molar-refractivity contribution in [2.45, 2.75) is 13.0 Å². The lowest BCUT2D eigenvalue weighted by Gasteiger charge is -2.29. The maximum absolute atomic E-state index is 11.4. The molecule has 0 aliphatic rings. The maximum atomic E-state index is 11.4. The molecule has 0 fully saturated rings. The zero-order chi connectivity index (χ0) is 15.6. The van der Waals surface area contributed by atoms with Crippen molar-refractivity contribution in [2.75, 3.05) is 17.7 Å². The zero-order valence-electron chi connectivity index (χ0n) is 11.9. The van der Waals surface area contributed by atoms with Gasteiger partial charge in [0.15, 0.2) is 0 Å². The quantitative estimate of drug-likeness (QED) is 0.843. The van der Waals surface area contributed by atoms with Crippen LogP contribution in [0.1, 0.15) is 28.9 Å². The van der Waals surface area contributed by atoms with Gasteiger partial charge >= 0.3 is 5.97 Å². The average molecular weight is 305 g/mol. The molecular formula is C16H17ClN2O2. The highest BCUT2D eigenvalue weighted by molar-refractivity contribution is 6.30. The van der Waals surface area contributed by atoms with E-state index in [0.29, 0.717) is 16.4 Å². The highest BCUT2D eigenvalue weighted by Gasteiger charge is 2.21. The summed E-state index contributed by atoms with van der Waals surface area (Å²) in [5, 5.41) is 9.98. The molecule has 3 N–H and O–H groups in total. The molecule has 0 spiro atoms. The van der Waals surface area contributed by atoms with Gasteiger partial charge in [-0.1, -0.05) is 29.8 Å². The minimum atomic E-state index is -0.998. The van der Waals surface area contributed by atoms with Crippen molar-refractivity contribution in [3.63, 3.8) is 0 Å². The van der Waals surface area contributed by atoms with Gasteiger partial charge in [-0.15, -0.1) is 0 Å². The maximum Gasteiger partial charge on any atom is 0.337 e. The summed E-state index contributed by atoms with van der Waals surface area (Å²) < 4.78 is 0. The molecule has 0 aromatic heterocycles. The monoisotopic (exact) mass is 304 g/mol. The molecule has 1 unspecified atom stereocenters. The molecule has 0 amide bonds. The number of hydrogen-bond donors (Lipinski definition) is 2. The van der Waals surface area contributed by atoms with Gasteiger partial charge in [0.05, 0.1) is 23.0 Å². The van der Waals surface area contributed by atoms with Crippen LogP contribution in [-0.2, 0) is 0 Å². The van der Waals surface area contributed by atoms with E-state index in [1.807, 2.05) is 37.1 Å². The first-order valence-electron chi connectivity index (χ1n) is 6.52. The molecule has 2 aromatic carbocycles. The van der Waals surface area contributed by atoms with Gasteiger partial charge in [0.2, 0.25) is 0 Å². The fourth-order valence-corrected chi connectivity index (χ4v) is 2.51. The number of para-hydroxylation sites is 1. The molecule has 0 saturated heterocycles. The first kappa shape index (κ1) is 15.2.